The first-order chi connectivity index (χ1) is 9.54. The third-order valence-electron chi connectivity index (χ3n) is 3.47. The zero-order valence-electron chi connectivity index (χ0n) is 14.8. The Balaban J connectivity index is 0. The minimum absolute atomic E-state index is 0. The van der Waals surface area contributed by atoms with E-state index in [1.807, 2.05) is 0 Å². The van der Waals surface area contributed by atoms with Crippen LogP contribution in [0.1, 0.15) is 79.1 Å². The second-order valence-corrected chi connectivity index (χ2v) is 9.10. The van der Waals surface area contributed by atoms with Crippen LogP contribution in [0.3, 0.4) is 0 Å². The molecule has 21 heavy (non-hydrogen) atoms. The molecule has 0 aliphatic carbocycles. The molecule has 0 spiro atoms. The summed E-state index contributed by atoms with van der Waals surface area (Å²) < 4.78 is 25.5. The first kappa shape index (κ1) is 23.3. The predicted molar refractivity (Wildman–Crippen MR) is 94.4 cm³/mol. The summed E-state index contributed by atoms with van der Waals surface area (Å²) in [6.45, 7) is 9.60. The maximum absolute atomic E-state index is 13.6. The van der Waals surface area contributed by atoms with Crippen LogP contribution in [0, 0.1) is 0 Å². The van der Waals surface area contributed by atoms with Gasteiger partial charge in [-0.25, -0.2) is 4.21 Å². The standard InChI is InChI=1S/C16H36O3S.H3N/c1-5-9-13-18-20(17,15-11-7-3,16-12-8-4)19-14-10-6-2;/h5-16H2,1-4H3;1H3. The van der Waals surface area contributed by atoms with E-state index in [2.05, 4.69) is 27.7 Å². The Morgan fingerprint density at radius 2 is 1.00 bits per heavy atom. The molecule has 0 unspecified atom stereocenters. The Hall–Kier alpha value is 0.0300. The van der Waals surface area contributed by atoms with Gasteiger partial charge in [0, 0.05) is 11.5 Å². The first-order valence-corrected chi connectivity index (χ1v) is 10.6. The molecule has 0 aromatic heterocycles. The molecule has 0 saturated carbocycles. The lowest BCUT2D eigenvalue weighted by Crippen LogP contribution is -2.45. The number of hydrogen-bond donors (Lipinski definition) is 1. The van der Waals surface area contributed by atoms with Crippen LogP contribution < -0.4 is 6.15 Å². The Bertz CT molecular complexity index is 267. The highest BCUT2D eigenvalue weighted by Crippen LogP contribution is 2.33. The minimum atomic E-state index is -3.37. The lowest BCUT2D eigenvalue weighted by molar-refractivity contribution is 0.204. The molecular formula is C16H39NO3S. The fourth-order valence-electron chi connectivity index (χ4n) is 2.00. The summed E-state index contributed by atoms with van der Waals surface area (Å²) in [5, 5.41) is 0. The van der Waals surface area contributed by atoms with E-state index in [1.165, 1.54) is 0 Å². The summed E-state index contributed by atoms with van der Waals surface area (Å²) in [5.74, 6) is 1.14. The van der Waals surface area contributed by atoms with Crippen molar-refractivity contribution in [2.24, 2.45) is 0 Å². The molecule has 0 radical (unpaired) electrons. The summed E-state index contributed by atoms with van der Waals surface area (Å²) in [4.78, 5) is 0. The fraction of sp³-hybridized carbons (Fsp3) is 1.00. The van der Waals surface area contributed by atoms with Gasteiger partial charge in [-0.2, -0.15) is 0 Å². The summed E-state index contributed by atoms with van der Waals surface area (Å²) >= 11 is 0. The maximum Gasteiger partial charge on any atom is 0.0873 e. The van der Waals surface area contributed by atoms with Crippen LogP contribution in [0.15, 0.2) is 0 Å². The van der Waals surface area contributed by atoms with Gasteiger partial charge >= 0.3 is 0 Å². The Morgan fingerprint density at radius 1 is 0.667 bits per heavy atom. The lowest BCUT2D eigenvalue weighted by Gasteiger charge is -2.42. The molecule has 0 aliphatic heterocycles. The molecule has 0 saturated heterocycles. The van der Waals surface area contributed by atoms with Gasteiger partial charge in [-0.05, 0) is 25.7 Å². The summed E-state index contributed by atoms with van der Waals surface area (Å²) in [6, 6.07) is 0. The average molecular weight is 326 g/mol. The quantitative estimate of drug-likeness (QED) is 0.455. The van der Waals surface area contributed by atoms with Crippen LogP contribution in [-0.2, 0) is 18.0 Å². The van der Waals surface area contributed by atoms with Gasteiger partial charge in [0.05, 0.1) is 22.8 Å². The van der Waals surface area contributed by atoms with Gasteiger partial charge in [-0.1, -0.05) is 53.4 Å². The van der Waals surface area contributed by atoms with Gasteiger partial charge in [0.2, 0.25) is 0 Å². The molecule has 0 atom stereocenters. The van der Waals surface area contributed by atoms with Crippen LogP contribution in [0.4, 0.5) is 0 Å². The highest BCUT2D eigenvalue weighted by molar-refractivity contribution is 8.11. The van der Waals surface area contributed by atoms with Crippen LogP contribution >= 0.6 is 0 Å². The highest BCUT2D eigenvalue weighted by atomic mass is 32.3. The zero-order chi connectivity index (χ0) is 15.3. The SMILES string of the molecule is CCCCOS(=O)(CCCC)(CCCC)OCCCC.N. The molecule has 3 N–H and O–H groups in total. The Labute approximate surface area is 132 Å². The number of unbranched alkanes of at least 4 members (excludes halogenated alkanes) is 4. The molecule has 0 fully saturated rings. The predicted octanol–water partition coefficient (Wildman–Crippen LogP) is 5.03. The molecule has 132 valence electrons. The molecular weight excluding hydrogens is 286 g/mol. The first-order valence-electron chi connectivity index (χ1n) is 8.48. The normalized spacial score (nSPS) is 13.4. The van der Waals surface area contributed by atoms with E-state index in [-0.39, 0.29) is 6.15 Å². The van der Waals surface area contributed by atoms with E-state index in [0.717, 1.165) is 51.4 Å². The van der Waals surface area contributed by atoms with Crippen molar-refractivity contribution in [3.05, 3.63) is 0 Å². The molecule has 0 heterocycles. The summed E-state index contributed by atoms with van der Waals surface area (Å²) in [6.07, 6.45) is 7.87. The molecule has 0 aliphatic rings. The number of rotatable bonds is 14. The van der Waals surface area contributed by atoms with Crippen molar-refractivity contribution in [2.75, 3.05) is 24.7 Å². The lowest BCUT2D eigenvalue weighted by atomic mass is 10.4. The van der Waals surface area contributed by atoms with Crippen LogP contribution in [0.5, 0.6) is 0 Å². The molecule has 0 aromatic carbocycles. The third kappa shape index (κ3) is 9.61. The van der Waals surface area contributed by atoms with Crippen molar-refractivity contribution in [3.63, 3.8) is 0 Å². The number of hydrogen-bond acceptors (Lipinski definition) is 4. The highest BCUT2D eigenvalue weighted by Gasteiger charge is 2.37. The largest absolute Gasteiger partial charge is 0.344 e. The molecule has 5 heteroatoms. The van der Waals surface area contributed by atoms with E-state index in [0.29, 0.717) is 24.7 Å². The van der Waals surface area contributed by atoms with Crippen molar-refractivity contribution in [3.8, 4) is 0 Å². The van der Waals surface area contributed by atoms with E-state index >= 15 is 0 Å². The fourth-order valence-corrected chi connectivity index (χ4v) is 5.41. The van der Waals surface area contributed by atoms with Gasteiger partial charge in [0.25, 0.3) is 0 Å². The monoisotopic (exact) mass is 325 g/mol. The van der Waals surface area contributed by atoms with Crippen LogP contribution in [-0.4, -0.2) is 28.9 Å². The van der Waals surface area contributed by atoms with Gasteiger partial charge < -0.3 is 6.15 Å². The van der Waals surface area contributed by atoms with E-state index in [4.69, 9.17) is 8.37 Å². The van der Waals surface area contributed by atoms with E-state index < -0.39 is 9.63 Å². The maximum atomic E-state index is 13.6. The van der Waals surface area contributed by atoms with Crippen LogP contribution in [0.2, 0.25) is 0 Å². The molecule has 0 bridgehead atoms. The van der Waals surface area contributed by atoms with Crippen molar-refractivity contribution in [2.45, 2.75) is 79.1 Å². The van der Waals surface area contributed by atoms with E-state index in [9.17, 15) is 4.21 Å². The summed E-state index contributed by atoms with van der Waals surface area (Å²) in [5.41, 5.74) is 0. The van der Waals surface area contributed by atoms with Crippen LogP contribution in [0.25, 0.3) is 0 Å². The second kappa shape index (κ2) is 12.6. The molecule has 0 rings (SSSR count). The second-order valence-electron chi connectivity index (χ2n) is 5.58. The minimum Gasteiger partial charge on any atom is -0.344 e. The third-order valence-corrected chi connectivity index (χ3v) is 7.01. The molecule has 0 amide bonds. The van der Waals surface area contributed by atoms with Crippen molar-refractivity contribution in [1.29, 1.82) is 0 Å². The van der Waals surface area contributed by atoms with Gasteiger partial charge in [0.1, 0.15) is 0 Å². The van der Waals surface area contributed by atoms with E-state index in [1.54, 1.807) is 0 Å². The Kier molecular flexibility index (Phi) is 13.9. The van der Waals surface area contributed by atoms with Crippen molar-refractivity contribution >= 4 is 9.63 Å². The smallest absolute Gasteiger partial charge is 0.0873 e. The topological polar surface area (TPSA) is 70.5 Å². The molecule has 0 aromatic rings. The average Bonchev–Trinajstić information content (AvgIpc) is 2.44. The van der Waals surface area contributed by atoms with Gasteiger partial charge in [0.15, 0.2) is 0 Å². The summed E-state index contributed by atoms with van der Waals surface area (Å²) in [7, 11) is -3.37. The van der Waals surface area contributed by atoms with Crippen molar-refractivity contribution in [1.82, 2.24) is 6.15 Å². The van der Waals surface area contributed by atoms with Crippen molar-refractivity contribution < 1.29 is 12.6 Å². The molecule has 4 nitrogen and oxygen atoms in total. The van der Waals surface area contributed by atoms with Gasteiger partial charge in [-0.3, -0.25) is 8.37 Å². The van der Waals surface area contributed by atoms with Gasteiger partial charge in [-0.15, -0.1) is 0 Å². The zero-order valence-corrected chi connectivity index (χ0v) is 15.6. The Morgan fingerprint density at radius 3 is 1.29 bits per heavy atom.